The minimum Gasteiger partial charge on any atom is -0.388 e. The predicted octanol–water partition coefficient (Wildman–Crippen LogP) is 4.29. The first-order valence-electron chi connectivity index (χ1n) is 5.29. The van der Waals surface area contributed by atoms with Gasteiger partial charge in [0.15, 0.2) is 0 Å². The van der Waals surface area contributed by atoms with Crippen LogP contribution >= 0.6 is 23.4 Å². The Morgan fingerprint density at radius 3 is 2.73 bits per heavy atom. The van der Waals surface area contributed by atoms with E-state index < -0.39 is 6.10 Å². The van der Waals surface area contributed by atoms with Crippen molar-refractivity contribution in [2.45, 2.75) is 37.7 Å². The molecule has 0 aliphatic carbocycles. The molecule has 1 aromatic rings. The van der Waals surface area contributed by atoms with Gasteiger partial charge in [-0.3, -0.25) is 0 Å². The highest BCUT2D eigenvalue weighted by Gasteiger charge is 2.11. The standard InChI is InChI=1S/C12H17ClOS/c1-3-7-15-12-6-5-9(13)8-10(12)11(14)4-2/h5-6,8,11,14H,3-4,7H2,1-2H3. The first kappa shape index (κ1) is 12.9. The average Bonchev–Trinajstić information content (AvgIpc) is 2.26. The summed E-state index contributed by atoms with van der Waals surface area (Å²) in [5.41, 5.74) is 0.962. The molecule has 0 bridgehead atoms. The molecule has 15 heavy (non-hydrogen) atoms. The lowest BCUT2D eigenvalue weighted by Gasteiger charge is -2.13. The van der Waals surface area contributed by atoms with Gasteiger partial charge in [0.05, 0.1) is 6.10 Å². The van der Waals surface area contributed by atoms with Crippen LogP contribution in [0.5, 0.6) is 0 Å². The molecule has 1 rings (SSSR count). The lowest BCUT2D eigenvalue weighted by molar-refractivity contribution is 0.171. The molecule has 0 saturated carbocycles. The summed E-state index contributed by atoms with van der Waals surface area (Å²) in [6.45, 7) is 4.12. The number of benzene rings is 1. The highest BCUT2D eigenvalue weighted by molar-refractivity contribution is 7.99. The van der Waals surface area contributed by atoms with E-state index in [1.807, 2.05) is 25.1 Å². The Morgan fingerprint density at radius 2 is 2.13 bits per heavy atom. The summed E-state index contributed by atoms with van der Waals surface area (Å²) in [5.74, 6) is 1.07. The van der Waals surface area contributed by atoms with Crippen molar-refractivity contribution in [2.24, 2.45) is 0 Å². The van der Waals surface area contributed by atoms with Gasteiger partial charge < -0.3 is 5.11 Å². The summed E-state index contributed by atoms with van der Waals surface area (Å²) in [5, 5.41) is 10.6. The van der Waals surface area contributed by atoms with Gasteiger partial charge in [-0.2, -0.15) is 0 Å². The van der Waals surface area contributed by atoms with Crippen LogP contribution in [-0.2, 0) is 0 Å². The monoisotopic (exact) mass is 244 g/mol. The van der Waals surface area contributed by atoms with E-state index in [2.05, 4.69) is 6.92 Å². The average molecular weight is 245 g/mol. The molecule has 0 aliphatic rings. The number of hydrogen-bond donors (Lipinski definition) is 1. The third-order valence-electron chi connectivity index (χ3n) is 2.18. The van der Waals surface area contributed by atoms with Crippen molar-refractivity contribution >= 4 is 23.4 Å². The van der Waals surface area contributed by atoms with E-state index in [1.165, 1.54) is 0 Å². The number of hydrogen-bond acceptors (Lipinski definition) is 2. The second-order valence-electron chi connectivity index (χ2n) is 3.45. The van der Waals surface area contributed by atoms with Crippen molar-refractivity contribution in [3.8, 4) is 0 Å². The third-order valence-corrected chi connectivity index (χ3v) is 3.71. The molecule has 84 valence electrons. The van der Waals surface area contributed by atoms with E-state index in [-0.39, 0.29) is 0 Å². The smallest absolute Gasteiger partial charge is 0.0798 e. The van der Waals surface area contributed by atoms with Gasteiger partial charge in [-0.1, -0.05) is 25.4 Å². The Balaban J connectivity index is 2.92. The van der Waals surface area contributed by atoms with E-state index >= 15 is 0 Å². The molecule has 0 heterocycles. The lowest BCUT2D eigenvalue weighted by Crippen LogP contribution is -1.97. The van der Waals surface area contributed by atoms with Crippen LogP contribution in [0, 0.1) is 0 Å². The van der Waals surface area contributed by atoms with Gasteiger partial charge in [0.25, 0.3) is 0 Å². The summed E-state index contributed by atoms with van der Waals surface area (Å²) >= 11 is 7.71. The van der Waals surface area contributed by atoms with E-state index in [0.29, 0.717) is 5.02 Å². The number of aliphatic hydroxyl groups is 1. The van der Waals surface area contributed by atoms with Gasteiger partial charge in [0.2, 0.25) is 0 Å². The van der Waals surface area contributed by atoms with Gasteiger partial charge in [-0.05, 0) is 42.4 Å². The second kappa shape index (κ2) is 6.41. The summed E-state index contributed by atoms with van der Waals surface area (Å²) in [6.07, 6.45) is 1.46. The van der Waals surface area contributed by atoms with Crippen molar-refractivity contribution in [3.05, 3.63) is 28.8 Å². The minimum absolute atomic E-state index is 0.400. The normalized spacial score (nSPS) is 12.8. The van der Waals surface area contributed by atoms with Gasteiger partial charge in [-0.25, -0.2) is 0 Å². The Morgan fingerprint density at radius 1 is 1.40 bits per heavy atom. The van der Waals surface area contributed by atoms with Crippen LogP contribution in [0.3, 0.4) is 0 Å². The van der Waals surface area contributed by atoms with Crippen molar-refractivity contribution in [3.63, 3.8) is 0 Å². The Hall–Kier alpha value is -0.180. The van der Waals surface area contributed by atoms with Crippen LogP contribution in [-0.4, -0.2) is 10.9 Å². The molecule has 1 atom stereocenters. The summed E-state index contributed by atoms with van der Waals surface area (Å²) in [6, 6.07) is 5.75. The minimum atomic E-state index is -0.400. The summed E-state index contributed by atoms with van der Waals surface area (Å²) in [7, 11) is 0. The lowest BCUT2D eigenvalue weighted by atomic mass is 10.1. The molecular formula is C12H17ClOS. The van der Waals surface area contributed by atoms with Crippen molar-refractivity contribution in [1.82, 2.24) is 0 Å². The number of thioether (sulfide) groups is 1. The van der Waals surface area contributed by atoms with Gasteiger partial charge in [0.1, 0.15) is 0 Å². The first-order valence-corrected chi connectivity index (χ1v) is 6.65. The van der Waals surface area contributed by atoms with Crippen molar-refractivity contribution in [1.29, 1.82) is 0 Å². The van der Waals surface area contributed by atoms with E-state index in [9.17, 15) is 5.11 Å². The zero-order valence-corrected chi connectivity index (χ0v) is 10.7. The fourth-order valence-corrected chi connectivity index (χ4v) is 2.47. The number of rotatable bonds is 5. The molecule has 1 nitrogen and oxygen atoms in total. The zero-order valence-electron chi connectivity index (χ0n) is 9.16. The Bertz CT molecular complexity index is 314. The maximum atomic E-state index is 9.86. The molecule has 0 saturated heterocycles. The van der Waals surface area contributed by atoms with Crippen molar-refractivity contribution < 1.29 is 5.11 Å². The maximum Gasteiger partial charge on any atom is 0.0798 e. The van der Waals surface area contributed by atoms with E-state index in [0.717, 1.165) is 29.1 Å². The SMILES string of the molecule is CCCSc1ccc(Cl)cc1C(O)CC. The molecule has 0 radical (unpaired) electrons. The van der Waals surface area contributed by atoms with Crippen LogP contribution in [0.25, 0.3) is 0 Å². The van der Waals surface area contributed by atoms with Gasteiger partial charge in [-0.15, -0.1) is 11.8 Å². The molecule has 0 fully saturated rings. The summed E-state index contributed by atoms with van der Waals surface area (Å²) < 4.78 is 0. The Labute approximate surface area is 101 Å². The number of aliphatic hydroxyl groups excluding tert-OH is 1. The number of halogens is 1. The van der Waals surface area contributed by atoms with Crippen LogP contribution in [0.4, 0.5) is 0 Å². The molecule has 0 aliphatic heterocycles. The van der Waals surface area contributed by atoms with Crippen molar-refractivity contribution in [2.75, 3.05) is 5.75 Å². The van der Waals surface area contributed by atoms with Gasteiger partial charge >= 0.3 is 0 Å². The quantitative estimate of drug-likeness (QED) is 0.780. The first-order chi connectivity index (χ1) is 7.19. The maximum absolute atomic E-state index is 9.86. The molecule has 0 aromatic heterocycles. The fraction of sp³-hybridized carbons (Fsp3) is 0.500. The molecule has 1 N–H and O–H groups in total. The van der Waals surface area contributed by atoms with Crippen LogP contribution in [0.2, 0.25) is 5.02 Å². The predicted molar refractivity (Wildman–Crippen MR) is 67.7 cm³/mol. The van der Waals surface area contributed by atoms with Crippen LogP contribution < -0.4 is 0 Å². The van der Waals surface area contributed by atoms with E-state index in [4.69, 9.17) is 11.6 Å². The molecule has 0 spiro atoms. The Kier molecular flexibility index (Phi) is 5.51. The fourth-order valence-electron chi connectivity index (χ4n) is 1.34. The largest absolute Gasteiger partial charge is 0.388 e. The molecule has 3 heteroatoms. The summed E-state index contributed by atoms with van der Waals surface area (Å²) in [4.78, 5) is 1.15. The third kappa shape index (κ3) is 3.71. The second-order valence-corrected chi connectivity index (χ2v) is 5.03. The van der Waals surface area contributed by atoms with Crippen LogP contribution in [0.1, 0.15) is 38.4 Å². The van der Waals surface area contributed by atoms with E-state index in [1.54, 1.807) is 11.8 Å². The zero-order chi connectivity index (χ0) is 11.3. The molecule has 1 aromatic carbocycles. The molecular weight excluding hydrogens is 228 g/mol. The molecule has 1 unspecified atom stereocenters. The van der Waals surface area contributed by atoms with Crippen LogP contribution in [0.15, 0.2) is 23.1 Å². The molecule has 0 amide bonds. The van der Waals surface area contributed by atoms with Gasteiger partial charge in [0, 0.05) is 9.92 Å². The highest BCUT2D eigenvalue weighted by atomic mass is 35.5. The topological polar surface area (TPSA) is 20.2 Å². The highest BCUT2D eigenvalue weighted by Crippen LogP contribution is 2.31.